The molecule has 0 amide bonds. The lowest BCUT2D eigenvalue weighted by Gasteiger charge is -2.40. The van der Waals surface area contributed by atoms with Crippen LogP contribution in [0.15, 0.2) is 12.7 Å². The van der Waals surface area contributed by atoms with Crippen LogP contribution in [0.3, 0.4) is 0 Å². The van der Waals surface area contributed by atoms with Crippen molar-refractivity contribution >= 4 is 8.32 Å². The number of aliphatic hydroxyl groups excluding tert-OH is 1. The molecule has 0 aromatic heterocycles. The Balaban J connectivity index is 4.56. The van der Waals surface area contributed by atoms with Crippen LogP contribution in [0.5, 0.6) is 0 Å². The van der Waals surface area contributed by atoms with E-state index >= 15 is 0 Å². The molecule has 3 heteroatoms. The molecule has 0 unspecified atom stereocenters. The summed E-state index contributed by atoms with van der Waals surface area (Å²) < 4.78 is 6.13. The molecule has 0 aromatic rings. The Morgan fingerprint density at radius 2 is 1.69 bits per heavy atom. The van der Waals surface area contributed by atoms with E-state index in [2.05, 4.69) is 40.4 Å². The average molecular weight is 244 g/mol. The normalized spacial score (nSPS) is 19.0. The van der Waals surface area contributed by atoms with E-state index in [0.29, 0.717) is 0 Å². The second kappa shape index (κ2) is 5.47. The zero-order valence-electron chi connectivity index (χ0n) is 11.9. The summed E-state index contributed by atoms with van der Waals surface area (Å²) in [4.78, 5) is 0. The molecule has 0 heterocycles. The third-order valence-electron chi connectivity index (χ3n) is 3.68. The summed E-state index contributed by atoms with van der Waals surface area (Å²) in [5.74, 6) is 0.0692. The average Bonchev–Trinajstić information content (AvgIpc) is 2.12. The van der Waals surface area contributed by atoms with E-state index in [-0.39, 0.29) is 17.1 Å². The van der Waals surface area contributed by atoms with Gasteiger partial charge in [-0.3, -0.25) is 0 Å². The Labute approximate surface area is 102 Å². The molecule has 16 heavy (non-hydrogen) atoms. The van der Waals surface area contributed by atoms with Crippen LogP contribution in [0.2, 0.25) is 18.1 Å². The summed E-state index contributed by atoms with van der Waals surface area (Å²) in [5, 5.41) is 10.2. The van der Waals surface area contributed by atoms with Crippen molar-refractivity contribution in [3.63, 3.8) is 0 Å². The van der Waals surface area contributed by atoms with Gasteiger partial charge in [0.05, 0.1) is 12.2 Å². The highest BCUT2D eigenvalue weighted by atomic mass is 28.4. The van der Waals surface area contributed by atoms with Gasteiger partial charge in [0.2, 0.25) is 0 Å². The minimum absolute atomic E-state index is 0.0692. The fourth-order valence-corrected chi connectivity index (χ4v) is 2.70. The Morgan fingerprint density at radius 1 is 1.25 bits per heavy atom. The number of rotatable bonds is 5. The van der Waals surface area contributed by atoms with Crippen LogP contribution in [0.25, 0.3) is 0 Å². The molecule has 0 rings (SSSR count). The van der Waals surface area contributed by atoms with Crippen molar-refractivity contribution < 1.29 is 9.53 Å². The van der Waals surface area contributed by atoms with Crippen molar-refractivity contribution in [1.82, 2.24) is 0 Å². The number of aliphatic hydroxyl groups is 1. The quantitative estimate of drug-likeness (QED) is 0.592. The van der Waals surface area contributed by atoms with Gasteiger partial charge in [0, 0.05) is 5.92 Å². The number of hydrogen-bond acceptors (Lipinski definition) is 2. The van der Waals surface area contributed by atoms with Crippen LogP contribution >= 0.6 is 0 Å². The minimum atomic E-state index is -1.78. The summed E-state index contributed by atoms with van der Waals surface area (Å²) in [6.07, 6.45) is 1.18. The van der Waals surface area contributed by atoms with Crippen LogP contribution in [0.4, 0.5) is 0 Å². The van der Waals surface area contributed by atoms with E-state index in [1.165, 1.54) is 0 Å². The first-order chi connectivity index (χ1) is 7.03. The molecule has 0 bridgehead atoms. The van der Waals surface area contributed by atoms with Gasteiger partial charge in [-0.15, -0.1) is 6.58 Å². The first kappa shape index (κ1) is 15.9. The van der Waals surface area contributed by atoms with Gasteiger partial charge < -0.3 is 9.53 Å². The minimum Gasteiger partial charge on any atom is -0.412 e. The van der Waals surface area contributed by atoms with Gasteiger partial charge in [-0.25, -0.2) is 0 Å². The third kappa shape index (κ3) is 4.04. The molecule has 0 aromatic carbocycles. The monoisotopic (exact) mass is 244 g/mol. The maximum atomic E-state index is 10.0. The summed E-state index contributed by atoms with van der Waals surface area (Å²) in [5.41, 5.74) is 0. The Hall–Kier alpha value is -0.123. The van der Waals surface area contributed by atoms with Crippen LogP contribution in [-0.4, -0.2) is 25.6 Å². The third-order valence-corrected chi connectivity index (χ3v) is 8.25. The van der Waals surface area contributed by atoms with Gasteiger partial charge in [-0.2, -0.15) is 0 Å². The molecule has 0 radical (unpaired) electrons. The van der Waals surface area contributed by atoms with E-state index in [1.54, 1.807) is 6.08 Å². The highest BCUT2D eigenvalue weighted by Gasteiger charge is 2.39. The molecule has 0 fully saturated rings. The first-order valence-corrected chi connectivity index (χ1v) is 8.92. The molecule has 0 spiro atoms. The second-order valence-electron chi connectivity index (χ2n) is 6.17. The summed E-state index contributed by atoms with van der Waals surface area (Å²) in [6.45, 7) is 18.6. The molecule has 0 aliphatic carbocycles. The molecule has 0 saturated carbocycles. The van der Waals surface area contributed by atoms with E-state index in [9.17, 15) is 5.11 Å². The van der Waals surface area contributed by atoms with Crippen LogP contribution in [-0.2, 0) is 4.43 Å². The van der Waals surface area contributed by atoms with Gasteiger partial charge in [-0.1, -0.05) is 33.8 Å². The van der Waals surface area contributed by atoms with Crippen molar-refractivity contribution in [3.8, 4) is 0 Å². The zero-order chi connectivity index (χ0) is 13.1. The molecular weight excluding hydrogens is 216 g/mol. The van der Waals surface area contributed by atoms with E-state index < -0.39 is 14.4 Å². The SMILES string of the molecule is C=C[C@H](C)[C@@H](O)[C@@H](C)O[Si](C)(C)C(C)(C)C. The van der Waals surface area contributed by atoms with Crippen LogP contribution in [0, 0.1) is 5.92 Å². The molecule has 0 aliphatic heterocycles. The molecule has 96 valence electrons. The Bertz CT molecular complexity index is 231. The Kier molecular flexibility index (Phi) is 5.43. The fraction of sp³-hybridized carbons (Fsp3) is 0.846. The topological polar surface area (TPSA) is 29.5 Å². The van der Waals surface area contributed by atoms with Crippen LogP contribution < -0.4 is 0 Å². The van der Waals surface area contributed by atoms with Crippen molar-refractivity contribution in [1.29, 1.82) is 0 Å². The van der Waals surface area contributed by atoms with Crippen molar-refractivity contribution in [2.24, 2.45) is 5.92 Å². The molecular formula is C13H28O2Si. The van der Waals surface area contributed by atoms with E-state index in [1.807, 2.05) is 13.8 Å². The summed E-state index contributed by atoms with van der Waals surface area (Å²) >= 11 is 0. The standard InChI is InChI=1S/C13H28O2Si/c1-9-10(2)12(14)11(3)15-16(7,8)13(4,5)6/h9-12,14H,1H2,2-8H3/t10-,11+,12+/m0/s1. The fourth-order valence-electron chi connectivity index (χ4n) is 1.28. The predicted molar refractivity (Wildman–Crippen MR) is 73.1 cm³/mol. The molecule has 3 atom stereocenters. The lowest BCUT2D eigenvalue weighted by Crippen LogP contribution is -2.47. The molecule has 1 N–H and O–H groups in total. The summed E-state index contributed by atoms with van der Waals surface area (Å²) in [7, 11) is -1.78. The molecule has 0 saturated heterocycles. The first-order valence-electron chi connectivity index (χ1n) is 6.01. The lowest BCUT2D eigenvalue weighted by molar-refractivity contribution is 0.0169. The largest absolute Gasteiger partial charge is 0.412 e. The van der Waals surface area contributed by atoms with Crippen molar-refractivity contribution in [2.45, 2.75) is 65.0 Å². The van der Waals surface area contributed by atoms with Crippen molar-refractivity contribution in [3.05, 3.63) is 12.7 Å². The van der Waals surface area contributed by atoms with Crippen molar-refractivity contribution in [2.75, 3.05) is 0 Å². The number of hydrogen-bond donors (Lipinski definition) is 1. The zero-order valence-corrected chi connectivity index (χ0v) is 12.9. The van der Waals surface area contributed by atoms with Gasteiger partial charge in [-0.05, 0) is 25.1 Å². The highest BCUT2D eigenvalue weighted by molar-refractivity contribution is 6.74. The summed E-state index contributed by atoms with van der Waals surface area (Å²) in [6, 6.07) is 0. The Morgan fingerprint density at radius 3 is 2.00 bits per heavy atom. The smallest absolute Gasteiger partial charge is 0.192 e. The van der Waals surface area contributed by atoms with Gasteiger partial charge in [0.25, 0.3) is 0 Å². The lowest BCUT2D eigenvalue weighted by atomic mass is 10.0. The molecule has 2 nitrogen and oxygen atoms in total. The van der Waals surface area contributed by atoms with Gasteiger partial charge >= 0.3 is 0 Å². The highest BCUT2D eigenvalue weighted by Crippen LogP contribution is 2.37. The maximum Gasteiger partial charge on any atom is 0.192 e. The van der Waals surface area contributed by atoms with Gasteiger partial charge in [0.1, 0.15) is 0 Å². The van der Waals surface area contributed by atoms with E-state index in [4.69, 9.17) is 4.43 Å². The second-order valence-corrected chi connectivity index (χ2v) is 10.9. The van der Waals surface area contributed by atoms with E-state index in [0.717, 1.165) is 0 Å². The maximum absolute atomic E-state index is 10.0. The van der Waals surface area contributed by atoms with Crippen LogP contribution in [0.1, 0.15) is 34.6 Å². The predicted octanol–water partition coefficient (Wildman–Crippen LogP) is 3.58. The molecule has 0 aliphatic rings. The van der Waals surface area contributed by atoms with Gasteiger partial charge in [0.15, 0.2) is 8.32 Å².